The van der Waals surface area contributed by atoms with Gasteiger partial charge in [0, 0.05) is 12.6 Å². The van der Waals surface area contributed by atoms with E-state index in [0.717, 1.165) is 12.0 Å². The van der Waals surface area contributed by atoms with Crippen molar-refractivity contribution in [3.8, 4) is 0 Å². The number of carbonyl (C=O) groups excluding carboxylic acids is 1. The lowest BCUT2D eigenvalue weighted by Crippen LogP contribution is -2.42. The summed E-state index contributed by atoms with van der Waals surface area (Å²) < 4.78 is 13.1. The molecule has 0 radical (unpaired) electrons. The molecule has 0 spiro atoms. The van der Waals surface area contributed by atoms with E-state index in [1.807, 2.05) is 0 Å². The summed E-state index contributed by atoms with van der Waals surface area (Å²) in [5.41, 5.74) is 0.810. The summed E-state index contributed by atoms with van der Waals surface area (Å²) in [4.78, 5) is 12.2. The van der Waals surface area contributed by atoms with Gasteiger partial charge in [-0.2, -0.15) is 0 Å². The molecule has 3 unspecified atom stereocenters. The fourth-order valence-corrected chi connectivity index (χ4v) is 3.69. The van der Waals surface area contributed by atoms with Gasteiger partial charge in [0.1, 0.15) is 5.82 Å². The third-order valence-corrected chi connectivity index (χ3v) is 4.92. The van der Waals surface area contributed by atoms with Gasteiger partial charge in [-0.3, -0.25) is 4.79 Å². The summed E-state index contributed by atoms with van der Waals surface area (Å²) in [6, 6.07) is 4.94. The molecule has 2 N–H and O–H groups in total. The maximum Gasteiger partial charge on any atom is 0.237 e. The predicted molar refractivity (Wildman–Crippen MR) is 87.8 cm³/mol. The molecule has 2 aliphatic rings. The lowest BCUT2D eigenvalue weighted by molar-refractivity contribution is -0.123. The largest absolute Gasteiger partial charge is 0.351 e. The molecule has 0 aromatic heterocycles. The van der Waals surface area contributed by atoms with Crippen LogP contribution >= 0.6 is 24.0 Å². The van der Waals surface area contributed by atoms with Crippen molar-refractivity contribution in [2.24, 2.45) is 5.92 Å². The van der Waals surface area contributed by atoms with Crippen molar-refractivity contribution >= 4 is 29.9 Å². The van der Waals surface area contributed by atoms with E-state index in [2.05, 4.69) is 10.6 Å². The first-order valence-corrected chi connectivity index (χ1v) is 7.99. The van der Waals surface area contributed by atoms with E-state index < -0.39 is 5.82 Å². The van der Waals surface area contributed by atoms with E-state index in [1.165, 1.54) is 31.7 Å². The summed E-state index contributed by atoms with van der Waals surface area (Å²) >= 11 is 5.74. The normalized spacial score (nSPS) is 26.9. The minimum Gasteiger partial charge on any atom is -0.351 e. The first-order valence-electron chi connectivity index (χ1n) is 7.61. The van der Waals surface area contributed by atoms with Crippen LogP contribution in [0.4, 0.5) is 4.39 Å². The van der Waals surface area contributed by atoms with Gasteiger partial charge < -0.3 is 10.6 Å². The molecule has 1 saturated carbocycles. The zero-order valence-electron chi connectivity index (χ0n) is 12.3. The Balaban J connectivity index is 0.00000176. The molecular formula is C16H21Cl2FN2O. The van der Waals surface area contributed by atoms with Crippen molar-refractivity contribution in [1.82, 2.24) is 10.6 Å². The molecule has 3 rings (SSSR count). The quantitative estimate of drug-likeness (QED) is 0.880. The fraction of sp³-hybridized carbons (Fsp3) is 0.562. The third kappa shape index (κ3) is 3.92. The molecule has 6 heteroatoms. The Morgan fingerprint density at radius 3 is 2.86 bits per heavy atom. The first-order chi connectivity index (χ1) is 10.1. The zero-order chi connectivity index (χ0) is 14.8. The zero-order valence-corrected chi connectivity index (χ0v) is 13.9. The van der Waals surface area contributed by atoms with E-state index in [9.17, 15) is 9.18 Å². The number of carbonyl (C=O) groups is 1. The summed E-state index contributed by atoms with van der Waals surface area (Å²) in [5, 5.41) is 6.46. The Bertz CT molecular complexity index is 527. The number of fused-ring (bicyclic) bond motifs is 1. The predicted octanol–water partition coefficient (Wildman–Crippen LogP) is 3.44. The molecule has 3 atom stereocenters. The highest BCUT2D eigenvalue weighted by Crippen LogP contribution is 2.33. The molecule has 1 aliphatic carbocycles. The van der Waals surface area contributed by atoms with Crippen LogP contribution in [0.2, 0.25) is 5.02 Å². The van der Waals surface area contributed by atoms with E-state index in [0.29, 0.717) is 18.5 Å². The van der Waals surface area contributed by atoms with E-state index in [-0.39, 0.29) is 29.4 Å². The molecule has 122 valence electrons. The summed E-state index contributed by atoms with van der Waals surface area (Å²) in [6.45, 7) is 0.381. The van der Waals surface area contributed by atoms with E-state index in [1.54, 1.807) is 12.1 Å². The standard InChI is InChI=1S/C16H20ClFN2O.ClH/c17-12-7-10(5-6-13(12)18)9-19-16(21)15-8-11-3-1-2-4-14(11)20-15;/h5-7,11,14-15,20H,1-4,8-9H2,(H,19,21);1H. The maximum absolute atomic E-state index is 13.1. The average molecular weight is 347 g/mol. The van der Waals surface area contributed by atoms with Gasteiger partial charge in [-0.15, -0.1) is 12.4 Å². The Kier molecular flexibility index (Phi) is 6.07. The van der Waals surface area contributed by atoms with Gasteiger partial charge in [-0.05, 0) is 42.9 Å². The van der Waals surface area contributed by atoms with Crippen molar-refractivity contribution in [3.05, 3.63) is 34.6 Å². The van der Waals surface area contributed by atoms with Gasteiger partial charge in [0.25, 0.3) is 0 Å². The van der Waals surface area contributed by atoms with Crippen LogP contribution in [-0.2, 0) is 11.3 Å². The Morgan fingerprint density at radius 1 is 1.36 bits per heavy atom. The minimum absolute atomic E-state index is 0. The van der Waals surface area contributed by atoms with Crippen molar-refractivity contribution in [3.63, 3.8) is 0 Å². The molecule has 1 aromatic rings. The highest BCUT2D eigenvalue weighted by molar-refractivity contribution is 6.30. The van der Waals surface area contributed by atoms with Gasteiger partial charge >= 0.3 is 0 Å². The second-order valence-corrected chi connectivity index (χ2v) is 6.48. The van der Waals surface area contributed by atoms with Crippen LogP contribution in [0.1, 0.15) is 37.7 Å². The summed E-state index contributed by atoms with van der Waals surface area (Å²) in [6.07, 6.45) is 5.89. The number of benzene rings is 1. The van der Waals surface area contributed by atoms with Crippen molar-refractivity contribution in [2.45, 2.75) is 50.7 Å². The Hall–Kier alpha value is -0.840. The van der Waals surface area contributed by atoms with Crippen LogP contribution in [0.3, 0.4) is 0 Å². The number of hydrogen-bond donors (Lipinski definition) is 2. The molecule has 1 aliphatic heterocycles. The fourth-order valence-electron chi connectivity index (χ4n) is 3.48. The number of amides is 1. The lowest BCUT2D eigenvalue weighted by atomic mass is 9.85. The smallest absolute Gasteiger partial charge is 0.237 e. The molecule has 1 aromatic carbocycles. The van der Waals surface area contributed by atoms with E-state index in [4.69, 9.17) is 11.6 Å². The molecule has 1 saturated heterocycles. The molecule has 1 heterocycles. The molecule has 0 bridgehead atoms. The number of rotatable bonds is 3. The molecule has 22 heavy (non-hydrogen) atoms. The van der Waals surface area contributed by atoms with E-state index >= 15 is 0 Å². The van der Waals surface area contributed by atoms with Gasteiger partial charge in [0.2, 0.25) is 5.91 Å². The molecular weight excluding hydrogens is 326 g/mol. The number of halogens is 3. The van der Waals surface area contributed by atoms with Gasteiger partial charge in [0.15, 0.2) is 0 Å². The summed E-state index contributed by atoms with van der Waals surface area (Å²) in [7, 11) is 0. The summed E-state index contributed by atoms with van der Waals surface area (Å²) in [5.74, 6) is 0.243. The third-order valence-electron chi connectivity index (χ3n) is 4.63. The topological polar surface area (TPSA) is 41.1 Å². The van der Waals surface area contributed by atoms with Crippen LogP contribution in [0.5, 0.6) is 0 Å². The first kappa shape index (κ1) is 17.5. The van der Waals surface area contributed by atoms with Crippen LogP contribution in [0.15, 0.2) is 18.2 Å². The van der Waals surface area contributed by atoms with Crippen LogP contribution in [0, 0.1) is 11.7 Å². The highest BCUT2D eigenvalue weighted by atomic mass is 35.5. The SMILES string of the molecule is Cl.O=C(NCc1ccc(F)c(Cl)c1)C1CC2CCCCC2N1. The monoisotopic (exact) mass is 346 g/mol. The van der Waals surface area contributed by atoms with Crippen LogP contribution in [0.25, 0.3) is 0 Å². The lowest BCUT2D eigenvalue weighted by Gasteiger charge is -2.24. The molecule has 2 fully saturated rings. The van der Waals surface area contributed by atoms with Crippen LogP contribution in [-0.4, -0.2) is 18.0 Å². The van der Waals surface area contributed by atoms with Gasteiger partial charge in [-0.25, -0.2) is 4.39 Å². The maximum atomic E-state index is 13.1. The molecule has 1 amide bonds. The second-order valence-electron chi connectivity index (χ2n) is 6.07. The second kappa shape index (κ2) is 7.62. The van der Waals surface area contributed by atoms with Gasteiger partial charge in [-0.1, -0.05) is 30.5 Å². The molecule has 3 nitrogen and oxygen atoms in total. The number of nitrogens with one attached hydrogen (secondary N) is 2. The highest BCUT2D eigenvalue weighted by Gasteiger charge is 2.37. The van der Waals surface area contributed by atoms with Crippen molar-refractivity contribution in [2.75, 3.05) is 0 Å². The van der Waals surface area contributed by atoms with Crippen molar-refractivity contribution in [1.29, 1.82) is 0 Å². The average Bonchev–Trinajstić information content (AvgIpc) is 2.92. The minimum atomic E-state index is -0.437. The van der Waals surface area contributed by atoms with Gasteiger partial charge in [0.05, 0.1) is 11.1 Å². The van der Waals surface area contributed by atoms with Crippen molar-refractivity contribution < 1.29 is 9.18 Å². The Morgan fingerprint density at radius 2 is 2.14 bits per heavy atom. The van der Waals surface area contributed by atoms with Crippen LogP contribution < -0.4 is 10.6 Å². The Labute approximate surface area is 141 Å². The number of hydrogen-bond acceptors (Lipinski definition) is 2.